The number of thioether (sulfide) groups is 1. The maximum atomic E-state index is 12.4. The molecule has 0 spiro atoms. The lowest BCUT2D eigenvalue weighted by atomic mass is 10.2. The lowest BCUT2D eigenvalue weighted by Crippen LogP contribution is -2.43. The van der Waals surface area contributed by atoms with Gasteiger partial charge in [0.15, 0.2) is 9.84 Å². The molecule has 0 aromatic heterocycles. The molecule has 1 unspecified atom stereocenters. The van der Waals surface area contributed by atoms with Crippen molar-refractivity contribution in [2.24, 2.45) is 0 Å². The number of sulfone groups is 1. The molecular formula is C16H13ClN2O5S2. The average molecular weight is 413 g/mol. The zero-order chi connectivity index (χ0) is 18.9. The maximum Gasteiger partial charge on any atom is 0.294 e. The summed E-state index contributed by atoms with van der Waals surface area (Å²) in [5.74, 6) is -1.41. The Bertz CT molecular complexity index is 955. The summed E-state index contributed by atoms with van der Waals surface area (Å²) in [5.41, 5.74) is 0.661. The minimum Gasteiger partial charge on any atom is -0.347 e. The Balaban J connectivity index is 1.66. The van der Waals surface area contributed by atoms with Gasteiger partial charge in [0.2, 0.25) is 5.91 Å². The van der Waals surface area contributed by atoms with E-state index < -0.39 is 39.5 Å². The molecule has 3 amide bonds. The van der Waals surface area contributed by atoms with Crippen LogP contribution in [0.5, 0.6) is 0 Å². The highest BCUT2D eigenvalue weighted by Crippen LogP contribution is 2.32. The molecule has 136 valence electrons. The summed E-state index contributed by atoms with van der Waals surface area (Å²) in [6.45, 7) is -0.470. The second-order valence-corrected chi connectivity index (χ2v) is 9.02. The Morgan fingerprint density at radius 3 is 2.81 bits per heavy atom. The van der Waals surface area contributed by atoms with E-state index in [9.17, 15) is 22.8 Å². The molecule has 7 nitrogen and oxygen atoms in total. The van der Waals surface area contributed by atoms with Crippen LogP contribution in [-0.2, 0) is 19.4 Å². The number of hydrogen-bond donors (Lipinski definition) is 1. The van der Waals surface area contributed by atoms with Crippen LogP contribution in [0, 0.1) is 0 Å². The molecule has 2 heterocycles. The standard InChI is InChI=1S/C16H13ClN2O5S2/c17-11-3-1-2-10(6-11)7-13-15(21)19(16(22)25-13)8-14(20)18-12-4-5-26(23,24)9-12/h1-7,12H,8-9H2,(H,18,20). The lowest BCUT2D eigenvalue weighted by molar-refractivity contribution is -0.129. The molecule has 1 atom stereocenters. The summed E-state index contributed by atoms with van der Waals surface area (Å²) >= 11 is 6.63. The van der Waals surface area contributed by atoms with Crippen molar-refractivity contribution in [3.63, 3.8) is 0 Å². The Morgan fingerprint density at radius 2 is 2.15 bits per heavy atom. The monoisotopic (exact) mass is 412 g/mol. The zero-order valence-corrected chi connectivity index (χ0v) is 15.6. The molecule has 1 fully saturated rings. The van der Waals surface area contributed by atoms with Gasteiger partial charge in [0.1, 0.15) is 6.54 Å². The predicted molar refractivity (Wildman–Crippen MR) is 99.0 cm³/mol. The molecule has 1 N–H and O–H groups in total. The third-order valence-corrected chi connectivity index (χ3v) is 6.14. The first kappa shape index (κ1) is 18.7. The second-order valence-electron chi connectivity index (χ2n) is 5.65. The largest absolute Gasteiger partial charge is 0.347 e. The topological polar surface area (TPSA) is 101 Å². The van der Waals surface area contributed by atoms with E-state index in [1.807, 2.05) is 0 Å². The van der Waals surface area contributed by atoms with E-state index in [0.29, 0.717) is 10.6 Å². The van der Waals surface area contributed by atoms with Gasteiger partial charge >= 0.3 is 0 Å². The molecule has 10 heteroatoms. The molecule has 2 aliphatic rings. The molecule has 2 aliphatic heterocycles. The Labute approximate surface area is 159 Å². The van der Waals surface area contributed by atoms with Crippen LogP contribution in [0.4, 0.5) is 4.79 Å². The van der Waals surface area contributed by atoms with E-state index in [1.165, 1.54) is 12.2 Å². The van der Waals surface area contributed by atoms with Gasteiger partial charge in [0.05, 0.1) is 16.7 Å². The minimum atomic E-state index is -3.30. The highest BCUT2D eigenvalue weighted by molar-refractivity contribution is 8.18. The average Bonchev–Trinajstić information content (AvgIpc) is 3.01. The highest BCUT2D eigenvalue weighted by atomic mass is 35.5. The number of rotatable bonds is 4. The molecule has 1 aromatic rings. The molecule has 0 bridgehead atoms. The van der Waals surface area contributed by atoms with Crippen LogP contribution in [-0.4, -0.2) is 48.7 Å². The molecule has 0 radical (unpaired) electrons. The van der Waals surface area contributed by atoms with Crippen molar-refractivity contribution in [1.29, 1.82) is 0 Å². The fraction of sp³-hybridized carbons (Fsp3) is 0.188. The summed E-state index contributed by atoms with van der Waals surface area (Å²) in [7, 11) is -3.30. The molecule has 26 heavy (non-hydrogen) atoms. The number of benzene rings is 1. The number of carbonyl (C=O) groups excluding carboxylic acids is 3. The zero-order valence-electron chi connectivity index (χ0n) is 13.2. The molecular weight excluding hydrogens is 400 g/mol. The van der Waals surface area contributed by atoms with Crippen molar-refractivity contribution in [2.45, 2.75) is 6.04 Å². The van der Waals surface area contributed by atoms with Gasteiger partial charge in [-0.05, 0) is 41.6 Å². The van der Waals surface area contributed by atoms with Crippen molar-refractivity contribution in [3.05, 3.63) is 51.2 Å². The number of halogens is 1. The Hall–Kier alpha value is -2.10. The third kappa shape index (κ3) is 4.35. The Morgan fingerprint density at radius 1 is 1.38 bits per heavy atom. The van der Waals surface area contributed by atoms with E-state index in [1.54, 1.807) is 24.3 Å². The molecule has 0 saturated carbocycles. The van der Waals surface area contributed by atoms with Crippen LogP contribution >= 0.6 is 23.4 Å². The quantitative estimate of drug-likeness (QED) is 0.757. The van der Waals surface area contributed by atoms with Gasteiger partial charge in [-0.1, -0.05) is 23.7 Å². The predicted octanol–water partition coefficient (Wildman–Crippen LogP) is 1.80. The van der Waals surface area contributed by atoms with Gasteiger partial charge in [-0.25, -0.2) is 8.42 Å². The molecule has 1 aromatic carbocycles. The van der Waals surface area contributed by atoms with Gasteiger partial charge in [0, 0.05) is 10.4 Å². The summed E-state index contributed by atoms with van der Waals surface area (Å²) in [5, 5.41) is 3.45. The third-order valence-electron chi connectivity index (χ3n) is 3.60. The minimum absolute atomic E-state index is 0.188. The smallest absolute Gasteiger partial charge is 0.294 e. The summed E-state index contributed by atoms with van der Waals surface area (Å²) < 4.78 is 22.7. The lowest BCUT2D eigenvalue weighted by Gasteiger charge is -2.14. The van der Waals surface area contributed by atoms with Crippen molar-refractivity contribution < 1.29 is 22.8 Å². The van der Waals surface area contributed by atoms with Crippen molar-refractivity contribution in [2.75, 3.05) is 12.3 Å². The van der Waals surface area contributed by atoms with E-state index >= 15 is 0 Å². The maximum absolute atomic E-state index is 12.4. The van der Waals surface area contributed by atoms with Gasteiger partial charge in [-0.15, -0.1) is 0 Å². The van der Waals surface area contributed by atoms with Crippen LogP contribution in [0.3, 0.4) is 0 Å². The SMILES string of the molecule is O=C(CN1C(=O)SC(=Cc2cccc(Cl)c2)C1=O)NC1C=CS(=O)(=O)C1. The van der Waals surface area contributed by atoms with E-state index in [0.717, 1.165) is 22.1 Å². The van der Waals surface area contributed by atoms with Gasteiger partial charge in [-0.2, -0.15) is 0 Å². The normalized spacial score (nSPS) is 23.0. The van der Waals surface area contributed by atoms with E-state index in [-0.39, 0.29) is 10.7 Å². The van der Waals surface area contributed by atoms with Gasteiger partial charge in [-0.3, -0.25) is 19.3 Å². The van der Waals surface area contributed by atoms with E-state index in [2.05, 4.69) is 5.32 Å². The molecule has 1 saturated heterocycles. The van der Waals surface area contributed by atoms with Crippen molar-refractivity contribution in [3.8, 4) is 0 Å². The van der Waals surface area contributed by atoms with Crippen LogP contribution in [0.15, 0.2) is 40.7 Å². The fourth-order valence-corrected chi connectivity index (χ4v) is 4.72. The van der Waals surface area contributed by atoms with Crippen molar-refractivity contribution in [1.82, 2.24) is 10.2 Å². The van der Waals surface area contributed by atoms with Crippen LogP contribution in [0.1, 0.15) is 5.56 Å². The second kappa shape index (κ2) is 7.26. The number of carbonyl (C=O) groups is 3. The Kier molecular flexibility index (Phi) is 5.22. The summed E-state index contributed by atoms with van der Waals surface area (Å²) in [6.07, 6.45) is 2.89. The highest BCUT2D eigenvalue weighted by Gasteiger charge is 2.36. The van der Waals surface area contributed by atoms with Gasteiger partial charge in [0.25, 0.3) is 11.1 Å². The fourth-order valence-electron chi connectivity index (χ4n) is 2.45. The first-order valence-electron chi connectivity index (χ1n) is 7.45. The van der Waals surface area contributed by atoms with E-state index in [4.69, 9.17) is 11.6 Å². The van der Waals surface area contributed by atoms with Crippen LogP contribution in [0.25, 0.3) is 6.08 Å². The summed E-state index contributed by atoms with van der Waals surface area (Å²) in [6, 6.07) is 6.13. The van der Waals surface area contributed by atoms with Crippen molar-refractivity contribution >= 4 is 56.3 Å². The number of amides is 3. The first-order valence-corrected chi connectivity index (χ1v) is 10.4. The number of nitrogens with one attached hydrogen (secondary N) is 1. The first-order chi connectivity index (χ1) is 12.2. The summed E-state index contributed by atoms with van der Waals surface area (Å²) in [4.78, 5) is 37.5. The van der Waals surface area contributed by atoms with Gasteiger partial charge < -0.3 is 5.32 Å². The number of hydrogen-bond acceptors (Lipinski definition) is 6. The van der Waals surface area contributed by atoms with Crippen LogP contribution < -0.4 is 5.32 Å². The molecule has 0 aliphatic carbocycles. The molecule has 3 rings (SSSR count). The number of nitrogens with zero attached hydrogens (tertiary/aromatic N) is 1. The van der Waals surface area contributed by atoms with Crippen LogP contribution in [0.2, 0.25) is 5.02 Å². The number of imide groups is 1.